The van der Waals surface area contributed by atoms with E-state index in [-0.39, 0.29) is 24.6 Å². The van der Waals surface area contributed by atoms with Crippen LogP contribution >= 0.6 is 0 Å². The van der Waals surface area contributed by atoms with Crippen LogP contribution in [-0.4, -0.2) is 62.6 Å². The molecule has 0 aromatic heterocycles. The fourth-order valence-electron chi connectivity index (χ4n) is 4.05. The summed E-state index contributed by atoms with van der Waals surface area (Å²) in [5.74, 6) is -2.94. The molecule has 1 aliphatic heterocycles. The second-order valence-electron chi connectivity index (χ2n) is 8.85. The van der Waals surface area contributed by atoms with Gasteiger partial charge in [0.1, 0.15) is 5.54 Å². The average Bonchev–Trinajstić information content (AvgIpc) is 3.33. The molecule has 2 N–H and O–H groups in total. The number of amides is 1. The van der Waals surface area contributed by atoms with E-state index in [1.54, 1.807) is 0 Å². The van der Waals surface area contributed by atoms with Gasteiger partial charge in [-0.05, 0) is 50.3 Å². The Hall–Kier alpha value is -2.66. The molecule has 35 heavy (non-hydrogen) atoms. The molecule has 2 saturated carbocycles. The number of nitrogens with zero attached hydrogens (tertiary/aromatic N) is 2. The van der Waals surface area contributed by atoms with E-state index in [2.05, 4.69) is 5.32 Å². The Labute approximate surface area is 198 Å². The number of alkyl halides is 5. The summed E-state index contributed by atoms with van der Waals surface area (Å²) in [6.45, 7) is -1.37. The molecule has 14 heteroatoms. The SMILES string of the molecule is CO[C@H]1CC[C@H](S(=O)(=O)c2ccc(N3CC(F)(F)C3)cc2C(F)(F)F)C1.N#CC1(NC(=O)O)CC1. The number of methoxy groups -OCH3 is 1. The van der Waals surface area contributed by atoms with Crippen LogP contribution in [0.4, 0.5) is 32.4 Å². The van der Waals surface area contributed by atoms with Gasteiger partial charge in [-0.3, -0.25) is 0 Å². The lowest BCUT2D eigenvalue weighted by molar-refractivity contribution is -0.139. The Balaban J connectivity index is 0.000000320. The second kappa shape index (κ2) is 9.42. The molecule has 2 aliphatic carbocycles. The molecule has 0 spiro atoms. The molecule has 4 rings (SSSR count). The number of anilines is 1. The van der Waals surface area contributed by atoms with E-state index in [4.69, 9.17) is 15.1 Å². The summed E-state index contributed by atoms with van der Waals surface area (Å²) >= 11 is 0. The molecule has 1 heterocycles. The monoisotopic (exact) mass is 525 g/mol. The van der Waals surface area contributed by atoms with Crippen molar-refractivity contribution in [3.8, 4) is 6.07 Å². The van der Waals surface area contributed by atoms with Gasteiger partial charge in [0, 0.05) is 12.8 Å². The van der Waals surface area contributed by atoms with Gasteiger partial charge in [-0.25, -0.2) is 22.0 Å². The third kappa shape index (κ3) is 6.13. The summed E-state index contributed by atoms with van der Waals surface area (Å²) in [7, 11) is -2.79. The Kier molecular flexibility index (Phi) is 7.25. The average molecular weight is 525 g/mol. The first-order valence-electron chi connectivity index (χ1n) is 10.7. The number of sulfone groups is 1. The van der Waals surface area contributed by atoms with Gasteiger partial charge in [0.15, 0.2) is 9.84 Å². The first-order chi connectivity index (χ1) is 16.1. The summed E-state index contributed by atoms with van der Waals surface area (Å²) in [6, 6.07) is 4.57. The summed E-state index contributed by atoms with van der Waals surface area (Å²) < 4.78 is 97.0. The smallest absolute Gasteiger partial charge is 0.417 e. The highest BCUT2D eigenvalue weighted by atomic mass is 32.2. The highest BCUT2D eigenvalue weighted by Crippen LogP contribution is 2.42. The number of hydrogen-bond donors (Lipinski definition) is 2. The predicted molar refractivity (Wildman–Crippen MR) is 113 cm³/mol. The normalized spacial score (nSPS) is 24.4. The first-order valence-corrected chi connectivity index (χ1v) is 12.2. The lowest BCUT2D eigenvalue weighted by Gasteiger charge is -2.40. The molecule has 0 bridgehead atoms. The number of halogens is 5. The Morgan fingerprint density at radius 2 is 1.89 bits per heavy atom. The number of ether oxygens (including phenoxy) is 1. The minimum Gasteiger partial charge on any atom is -0.465 e. The van der Waals surface area contributed by atoms with E-state index in [0.29, 0.717) is 25.3 Å². The van der Waals surface area contributed by atoms with E-state index >= 15 is 0 Å². The van der Waals surface area contributed by atoms with E-state index in [0.717, 1.165) is 17.0 Å². The zero-order valence-corrected chi connectivity index (χ0v) is 19.4. The minimum atomic E-state index is -4.91. The predicted octanol–water partition coefficient (Wildman–Crippen LogP) is 3.81. The maximum absolute atomic E-state index is 13.5. The molecular weight excluding hydrogens is 501 g/mol. The van der Waals surface area contributed by atoms with Crippen LogP contribution in [0.15, 0.2) is 23.1 Å². The third-order valence-electron chi connectivity index (χ3n) is 6.20. The third-order valence-corrected chi connectivity index (χ3v) is 8.48. The van der Waals surface area contributed by atoms with Crippen LogP contribution in [0, 0.1) is 11.3 Å². The van der Waals surface area contributed by atoms with Crippen LogP contribution < -0.4 is 10.2 Å². The summed E-state index contributed by atoms with van der Waals surface area (Å²) in [6.07, 6.45) is -4.21. The van der Waals surface area contributed by atoms with Crippen molar-refractivity contribution < 1.29 is 45.0 Å². The second-order valence-corrected chi connectivity index (χ2v) is 11.0. The zero-order chi connectivity index (χ0) is 26.2. The molecule has 0 radical (unpaired) electrons. The number of rotatable bonds is 5. The van der Waals surface area contributed by atoms with Crippen LogP contribution in [0.2, 0.25) is 0 Å². The van der Waals surface area contributed by atoms with E-state index in [1.807, 2.05) is 6.07 Å². The summed E-state index contributed by atoms with van der Waals surface area (Å²) in [4.78, 5) is 10.2. The highest BCUT2D eigenvalue weighted by Gasteiger charge is 2.46. The standard InChI is InChI=1S/C16H18F5NO3S.C5H6N2O2/c1-25-11-3-4-12(7-11)26(23,24)14-5-2-10(6-13(14)16(19,20)21)22-8-15(17,18)9-22;6-3-5(1-2-5)7-4(8)9/h2,5-6,11-12H,3-4,7-9H2,1H3;7H,1-2H2,(H,8,9)/t11-,12-;/m0./s1. The van der Waals surface area contributed by atoms with Crippen LogP contribution in [-0.2, 0) is 20.8 Å². The number of carbonyl (C=O) groups is 1. The van der Waals surface area contributed by atoms with Gasteiger partial charge in [-0.2, -0.15) is 18.4 Å². The first kappa shape index (κ1) is 26.9. The molecule has 1 aromatic rings. The Morgan fingerprint density at radius 1 is 1.26 bits per heavy atom. The summed E-state index contributed by atoms with van der Waals surface area (Å²) in [5, 5.41) is 17.7. The highest BCUT2D eigenvalue weighted by molar-refractivity contribution is 7.92. The number of carboxylic acid groups (broad SMARTS) is 1. The number of hydrogen-bond acceptors (Lipinski definition) is 6. The van der Waals surface area contributed by atoms with Crippen LogP contribution in [0.3, 0.4) is 0 Å². The number of nitriles is 1. The molecule has 0 unspecified atom stereocenters. The molecule has 1 saturated heterocycles. The minimum absolute atomic E-state index is 0.0663. The molecule has 1 aromatic carbocycles. The molecule has 194 valence electrons. The van der Waals surface area contributed by atoms with Crippen molar-refractivity contribution in [2.45, 2.75) is 66.0 Å². The van der Waals surface area contributed by atoms with Gasteiger partial charge in [-0.1, -0.05) is 0 Å². The molecule has 2 atom stereocenters. The van der Waals surface area contributed by atoms with E-state index < -0.39 is 62.4 Å². The molecule has 3 aliphatic rings. The van der Waals surface area contributed by atoms with Gasteiger partial charge in [0.2, 0.25) is 0 Å². The van der Waals surface area contributed by atoms with Gasteiger partial charge < -0.3 is 20.1 Å². The van der Waals surface area contributed by atoms with Crippen LogP contribution in [0.25, 0.3) is 0 Å². The molecule has 8 nitrogen and oxygen atoms in total. The fraction of sp³-hybridized carbons (Fsp3) is 0.619. The lowest BCUT2D eigenvalue weighted by atomic mass is 10.1. The lowest BCUT2D eigenvalue weighted by Crippen LogP contribution is -2.56. The maximum Gasteiger partial charge on any atom is 0.417 e. The zero-order valence-electron chi connectivity index (χ0n) is 18.6. The van der Waals surface area contributed by atoms with Gasteiger partial charge in [0.05, 0.1) is 41.0 Å². The maximum atomic E-state index is 13.5. The van der Waals surface area contributed by atoms with Crippen molar-refractivity contribution in [2.75, 3.05) is 25.1 Å². The van der Waals surface area contributed by atoms with Gasteiger partial charge >= 0.3 is 12.3 Å². The van der Waals surface area contributed by atoms with Crippen molar-refractivity contribution in [2.24, 2.45) is 0 Å². The molecule has 1 amide bonds. The molecular formula is C21H24F5N3O5S. The largest absolute Gasteiger partial charge is 0.465 e. The van der Waals surface area contributed by atoms with E-state index in [9.17, 15) is 35.2 Å². The number of nitrogens with one attached hydrogen (secondary N) is 1. The van der Waals surface area contributed by atoms with Crippen molar-refractivity contribution in [1.82, 2.24) is 5.32 Å². The van der Waals surface area contributed by atoms with Crippen LogP contribution in [0.1, 0.15) is 37.7 Å². The number of benzene rings is 1. The Morgan fingerprint density at radius 3 is 2.29 bits per heavy atom. The van der Waals surface area contributed by atoms with Crippen molar-refractivity contribution in [3.63, 3.8) is 0 Å². The van der Waals surface area contributed by atoms with Gasteiger partial charge in [0.25, 0.3) is 5.92 Å². The topological polar surface area (TPSA) is 120 Å². The van der Waals surface area contributed by atoms with Gasteiger partial charge in [-0.15, -0.1) is 0 Å². The van der Waals surface area contributed by atoms with Crippen LogP contribution in [0.5, 0.6) is 0 Å². The quantitative estimate of drug-likeness (QED) is 0.561. The summed E-state index contributed by atoms with van der Waals surface area (Å²) in [5.41, 5.74) is -2.11. The van der Waals surface area contributed by atoms with Crippen molar-refractivity contribution in [1.29, 1.82) is 5.26 Å². The molecule has 3 fully saturated rings. The Bertz CT molecular complexity index is 1110. The fourth-order valence-corrected chi connectivity index (χ4v) is 6.06. The van der Waals surface area contributed by atoms with Crippen molar-refractivity contribution >= 4 is 21.6 Å². The van der Waals surface area contributed by atoms with Crippen molar-refractivity contribution in [3.05, 3.63) is 23.8 Å². The van der Waals surface area contributed by atoms with E-state index in [1.165, 1.54) is 7.11 Å².